The maximum atomic E-state index is 13.1. The lowest BCUT2D eigenvalue weighted by Crippen LogP contribution is -2.52. The summed E-state index contributed by atoms with van der Waals surface area (Å²) in [5.74, 6) is -0.421. The molecule has 0 heterocycles. The van der Waals surface area contributed by atoms with Gasteiger partial charge in [-0.15, -0.1) is 0 Å². The molecular formula is C22H28N2O3. The zero-order valence-corrected chi connectivity index (χ0v) is 16.0. The third-order valence-electron chi connectivity index (χ3n) is 4.35. The lowest BCUT2D eigenvalue weighted by Gasteiger charge is -2.29. The van der Waals surface area contributed by atoms with Crippen LogP contribution in [0.4, 0.5) is 0 Å². The molecule has 5 nitrogen and oxygen atoms in total. The molecule has 0 radical (unpaired) electrons. The highest BCUT2D eigenvalue weighted by Gasteiger charge is 2.28. The topological polar surface area (TPSA) is 69.6 Å². The molecule has 2 amide bonds. The Morgan fingerprint density at radius 1 is 0.963 bits per heavy atom. The van der Waals surface area contributed by atoms with Gasteiger partial charge in [-0.1, -0.05) is 74.5 Å². The fourth-order valence-electron chi connectivity index (χ4n) is 2.91. The summed E-state index contributed by atoms with van der Waals surface area (Å²) in [5, 5.41) is 12.3. The fourth-order valence-corrected chi connectivity index (χ4v) is 2.91. The highest BCUT2D eigenvalue weighted by Crippen LogP contribution is 2.11. The third-order valence-corrected chi connectivity index (χ3v) is 4.35. The molecule has 144 valence electrons. The molecular weight excluding hydrogens is 340 g/mol. The van der Waals surface area contributed by atoms with Crippen molar-refractivity contribution in [3.05, 3.63) is 71.8 Å². The molecule has 1 atom stereocenters. The van der Waals surface area contributed by atoms with Gasteiger partial charge in [0.05, 0.1) is 13.0 Å². The molecule has 0 aliphatic carbocycles. The van der Waals surface area contributed by atoms with Crippen LogP contribution in [-0.4, -0.2) is 41.0 Å². The zero-order chi connectivity index (χ0) is 19.6. The van der Waals surface area contributed by atoms with Gasteiger partial charge in [0.25, 0.3) is 0 Å². The molecule has 1 unspecified atom stereocenters. The summed E-state index contributed by atoms with van der Waals surface area (Å²) in [5.41, 5.74) is 1.89. The predicted octanol–water partition coefficient (Wildman–Crippen LogP) is 2.39. The summed E-state index contributed by atoms with van der Waals surface area (Å²) in [6.45, 7) is 4.32. The Kier molecular flexibility index (Phi) is 8.01. The van der Waals surface area contributed by atoms with Crippen LogP contribution in [0.25, 0.3) is 0 Å². The van der Waals surface area contributed by atoms with E-state index >= 15 is 0 Å². The number of hydrogen-bond donors (Lipinski definition) is 2. The van der Waals surface area contributed by atoms with Crippen LogP contribution in [0.1, 0.15) is 25.0 Å². The number of benzene rings is 2. The van der Waals surface area contributed by atoms with E-state index < -0.39 is 6.04 Å². The Balaban J connectivity index is 2.07. The molecule has 2 N–H and O–H groups in total. The molecule has 0 aliphatic rings. The van der Waals surface area contributed by atoms with Crippen molar-refractivity contribution in [3.63, 3.8) is 0 Å². The van der Waals surface area contributed by atoms with Crippen LogP contribution in [-0.2, 0) is 22.6 Å². The number of nitrogens with one attached hydrogen (secondary N) is 1. The van der Waals surface area contributed by atoms with Crippen LogP contribution >= 0.6 is 0 Å². The Morgan fingerprint density at radius 3 is 2.04 bits per heavy atom. The summed E-state index contributed by atoms with van der Waals surface area (Å²) in [4.78, 5) is 27.1. The lowest BCUT2D eigenvalue weighted by molar-refractivity contribution is -0.138. The van der Waals surface area contributed by atoms with Gasteiger partial charge in [-0.25, -0.2) is 0 Å². The van der Waals surface area contributed by atoms with Crippen molar-refractivity contribution < 1.29 is 14.7 Å². The van der Waals surface area contributed by atoms with Crippen molar-refractivity contribution in [3.8, 4) is 0 Å². The monoisotopic (exact) mass is 368 g/mol. The molecule has 0 aliphatic heterocycles. The van der Waals surface area contributed by atoms with Crippen LogP contribution < -0.4 is 5.32 Å². The second kappa shape index (κ2) is 10.5. The van der Waals surface area contributed by atoms with E-state index in [-0.39, 0.29) is 37.3 Å². The smallest absolute Gasteiger partial charge is 0.245 e. The van der Waals surface area contributed by atoms with E-state index in [0.717, 1.165) is 11.1 Å². The summed E-state index contributed by atoms with van der Waals surface area (Å²) in [6, 6.07) is 18.5. The first-order valence-electron chi connectivity index (χ1n) is 9.28. The second-order valence-corrected chi connectivity index (χ2v) is 6.92. The van der Waals surface area contributed by atoms with Gasteiger partial charge in [0, 0.05) is 13.1 Å². The maximum absolute atomic E-state index is 13.1. The van der Waals surface area contributed by atoms with E-state index in [1.165, 1.54) is 0 Å². The maximum Gasteiger partial charge on any atom is 0.245 e. The molecule has 0 aromatic heterocycles. The SMILES string of the molecule is CC(C)C(NC(=O)Cc1ccccc1)C(=O)N(CCO)Cc1ccccc1. The van der Waals surface area contributed by atoms with Crippen molar-refractivity contribution in [2.45, 2.75) is 32.9 Å². The first-order chi connectivity index (χ1) is 13.0. The van der Waals surface area contributed by atoms with E-state index in [1.54, 1.807) is 4.90 Å². The Bertz CT molecular complexity index is 717. The van der Waals surface area contributed by atoms with Gasteiger partial charge in [-0.05, 0) is 17.0 Å². The number of hydrogen-bond acceptors (Lipinski definition) is 3. The highest BCUT2D eigenvalue weighted by atomic mass is 16.3. The number of carbonyl (C=O) groups is 2. The largest absolute Gasteiger partial charge is 0.395 e. The van der Waals surface area contributed by atoms with Gasteiger partial charge in [-0.2, -0.15) is 0 Å². The standard InChI is InChI=1S/C22H28N2O3/c1-17(2)21(23-20(26)15-18-9-5-3-6-10-18)22(27)24(13-14-25)16-19-11-7-4-8-12-19/h3-12,17,21,25H,13-16H2,1-2H3,(H,23,26). The number of nitrogens with zero attached hydrogens (tertiary/aromatic N) is 1. The number of aliphatic hydroxyl groups excluding tert-OH is 1. The summed E-state index contributed by atoms with van der Waals surface area (Å²) < 4.78 is 0. The van der Waals surface area contributed by atoms with Crippen molar-refractivity contribution in [1.29, 1.82) is 0 Å². The first-order valence-corrected chi connectivity index (χ1v) is 9.28. The zero-order valence-electron chi connectivity index (χ0n) is 16.0. The Morgan fingerprint density at radius 2 is 1.52 bits per heavy atom. The van der Waals surface area contributed by atoms with Crippen molar-refractivity contribution >= 4 is 11.8 Å². The van der Waals surface area contributed by atoms with Crippen LogP contribution in [0.5, 0.6) is 0 Å². The average Bonchev–Trinajstić information content (AvgIpc) is 2.66. The molecule has 0 spiro atoms. The molecule has 27 heavy (non-hydrogen) atoms. The predicted molar refractivity (Wildman–Crippen MR) is 106 cm³/mol. The van der Waals surface area contributed by atoms with E-state index in [9.17, 15) is 14.7 Å². The van der Waals surface area contributed by atoms with Crippen LogP contribution in [0.15, 0.2) is 60.7 Å². The van der Waals surface area contributed by atoms with Gasteiger partial charge in [0.2, 0.25) is 11.8 Å². The average molecular weight is 368 g/mol. The molecule has 2 aromatic rings. The van der Waals surface area contributed by atoms with Gasteiger partial charge >= 0.3 is 0 Å². The second-order valence-electron chi connectivity index (χ2n) is 6.92. The van der Waals surface area contributed by atoms with E-state index in [2.05, 4.69) is 5.32 Å². The van der Waals surface area contributed by atoms with Crippen molar-refractivity contribution in [2.24, 2.45) is 5.92 Å². The molecule has 0 saturated carbocycles. The Labute approximate surface area is 161 Å². The Hall–Kier alpha value is -2.66. The van der Waals surface area contributed by atoms with Crippen LogP contribution in [0, 0.1) is 5.92 Å². The number of aliphatic hydroxyl groups is 1. The summed E-state index contributed by atoms with van der Waals surface area (Å²) in [7, 11) is 0. The molecule has 2 aromatic carbocycles. The molecule has 5 heteroatoms. The number of rotatable bonds is 9. The lowest BCUT2D eigenvalue weighted by atomic mass is 10.0. The summed E-state index contributed by atoms with van der Waals surface area (Å²) in [6.07, 6.45) is 0.232. The van der Waals surface area contributed by atoms with Gasteiger partial charge in [-0.3, -0.25) is 9.59 Å². The molecule has 0 saturated heterocycles. The molecule has 0 fully saturated rings. The van der Waals surface area contributed by atoms with Crippen molar-refractivity contribution in [2.75, 3.05) is 13.2 Å². The van der Waals surface area contributed by atoms with Gasteiger partial charge < -0.3 is 15.3 Å². The van der Waals surface area contributed by atoms with Gasteiger partial charge in [0.15, 0.2) is 0 Å². The minimum atomic E-state index is -0.628. The summed E-state index contributed by atoms with van der Waals surface area (Å²) >= 11 is 0. The normalized spacial score (nSPS) is 11.9. The fraction of sp³-hybridized carbons (Fsp3) is 0.364. The van der Waals surface area contributed by atoms with E-state index in [1.807, 2.05) is 74.5 Å². The van der Waals surface area contributed by atoms with Crippen molar-refractivity contribution in [1.82, 2.24) is 10.2 Å². The minimum Gasteiger partial charge on any atom is -0.395 e. The molecule has 2 rings (SSSR count). The quantitative estimate of drug-likeness (QED) is 0.714. The minimum absolute atomic E-state index is 0.0609. The van der Waals surface area contributed by atoms with E-state index in [4.69, 9.17) is 0 Å². The number of amides is 2. The van der Waals surface area contributed by atoms with Gasteiger partial charge in [0.1, 0.15) is 6.04 Å². The highest BCUT2D eigenvalue weighted by molar-refractivity contribution is 5.88. The first kappa shape index (κ1) is 20.6. The molecule has 0 bridgehead atoms. The third kappa shape index (κ3) is 6.53. The van der Waals surface area contributed by atoms with E-state index in [0.29, 0.717) is 6.54 Å². The van der Waals surface area contributed by atoms with Crippen LogP contribution in [0.2, 0.25) is 0 Å². The van der Waals surface area contributed by atoms with Crippen LogP contribution in [0.3, 0.4) is 0 Å². The number of carbonyl (C=O) groups excluding carboxylic acids is 2.